The molecule has 0 aromatic heterocycles. The van der Waals surface area contributed by atoms with E-state index >= 15 is 0 Å². The molecule has 108 valence electrons. The summed E-state index contributed by atoms with van der Waals surface area (Å²) in [5.41, 5.74) is -0.316. The molecular weight excluding hydrogens is 238 g/mol. The molecule has 1 N–H and O–H groups in total. The Kier molecular flexibility index (Phi) is 4.83. The molecule has 3 unspecified atom stereocenters. The van der Waals surface area contributed by atoms with Crippen LogP contribution in [0.25, 0.3) is 0 Å². The predicted octanol–water partition coefficient (Wildman–Crippen LogP) is 1.91. The van der Waals surface area contributed by atoms with Gasteiger partial charge in [-0.25, -0.2) is 0 Å². The zero-order valence-electron chi connectivity index (χ0n) is 12.5. The van der Waals surface area contributed by atoms with Crippen molar-refractivity contribution in [1.29, 1.82) is 5.26 Å². The Hall–Kier alpha value is -0.630. The van der Waals surface area contributed by atoms with Crippen LogP contribution in [0.2, 0.25) is 0 Å². The fraction of sp³-hybridized carbons (Fsp3) is 0.933. The summed E-state index contributed by atoms with van der Waals surface area (Å²) in [6, 6.07) is 3.39. The molecular formula is C15H27N3O. The monoisotopic (exact) mass is 265 g/mol. The topological polar surface area (TPSA) is 48.3 Å². The van der Waals surface area contributed by atoms with Crippen molar-refractivity contribution in [3.05, 3.63) is 0 Å². The van der Waals surface area contributed by atoms with Crippen molar-refractivity contribution in [3.63, 3.8) is 0 Å². The molecule has 1 aliphatic heterocycles. The Morgan fingerprint density at radius 2 is 2.26 bits per heavy atom. The maximum Gasteiger partial charge on any atom is 0.108 e. The third kappa shape index (κ3) is 3.68. The number of likely N-dealkylation sites (N-methyl/N-ethyl adjacent to an activating group) is 1. The lowest BCUT2D eigenvalue weighted by Crippen LogP contribution is -2.47. The first-order valence-electron chi connectivity index (χ1n) is 7.55. The lowest BCUT2D eigenvalue weighted by molar-refractivity contribution is 0.0679. The van der Waals surface area contributed by atoms with E-state index in [0.29, 0.717) is 18.2 Å². The summed E-state index contributed by atoms with van der Waals surface area (Å²) < 4.78 is 5.70. The van der Waals surface area contributed by atoms with E-state index in [1.165, 1.54) is 12.8 Å². The van der Waals surface area contributed by atoms with Gasteiger partial charge in [-0.2, -0.15) is 5.26 Å². The highest BCUT2D eigenvalue weighted by molar-refractivity contribution is 5.13. The lowest BCUT2D eigenvalue weighted by atomic mass is 9.98. The van der Waals surface area contributed by atoms with E-state index in [0.717, 1.165) is 32.4 Å². The van der Waals surface area contributed by atoms with Gasteiger partial charge in [-0.1, -0.05) is 0 Å². The zero-order chi connectivity index (χ0) is 13.9. The van der Waals surface area contributed by atoms with Crippen LogP contribution in [-0.2, 0) is 4.74 Å². The summed E-state index contributed by atoms with van der Waals surface area (Å²) in [6.07, 6.45) is 5.79. The molecule has 1 saturated carbocycles. The van der Waals surface area contributed by atoms with Gasteiger partial charge in [0.15, 0.2) is 0 Å². The molecule has 19 heavy (non-hydrogen) atoms. The van der Waals surface area contributed by atoms with Gasteiger partial charge in [-0.3, -0.25) is 5.32 Å². The second-order valence-electron chi connectivity index (χ2n) is 6.46. The maximum absolute atomic E-state index is 9.49. The minimum Gasteiger partial charge on any atom is -0.377 e. The highest BCUT2D eigenvalue weighted by atomic mass is 16.5. The standard InChI is InChI=1S/C15H27N3O/c1-12(2)17-15(11-16)7-6-13(9-15)18(3)10-14-5-4-8-19-14/h12-14,17H,4-10H2,1-3H3. The molecule has 0 bridgehead atoms. The molecule has 0 spiro atoms. The Labute approximate surface area is 117 Å². The van der Waals surface area contributed by atoms with Crippen LogP contribution in [0, 0.1) is 11.3 Å². The SMILES string of the molecule is CC(C)NC1(C#N)CCC(N(C)CC2CCCO2)C1. The van der Waals surface area contributed by atoms with Crippen LogP contribution >= 0.6 is 0 Å². The average molecular weight is 265 g/mol. The summed E-state index contributed by atoms with van der Waals surface area (Å²) in [4.78, 5) is 2.40. The van der Waals surface area contributed by atoms with Crippen LogP contribution in [0.3, 0.4) is 0 Å². The van der Waals surface area contributed by atoms with E-state index in [1.807, 2.05) is 0 Å². The molecule has 2 fully saturated rings. The second-order valence-corrected chi connectivity index (χ2v) is 6.46. The van der Waals surface area contributed by atoms with E-state index in [9.17, 15) is 5.26 Å². The van der Waals surface area contributed by atoms with Crippen LogP contribution < -0.4 is 5.32 Å². The van der Waals surface area contributed by atoms with Crippen molar-refractivity contribution in [3.8, 4) is 6.07 Å². The Balaban J connectivity index is 1.87. The second kappa shape index (κ2) is 6.21. The van der Waals surface area contributed by atoms with Gasteiger partial charge >= 0.3 is 0 Å². The van der Waals surface area contributed by atoms with Crippen LogP contribution in [0.15, 0.2) is 0 Å². The van der Waals surface area contributed by atoms with E-state index in [1.54, 1.807) is 0 Å². The minimum absolute atomic E-state index is 0.316. The summed E-state index contributed by atoms with van der Waals surface area (Å²) in [5, 5.41) is 13.0. The van der Waals surface area contributed by atoms with Gasteiger partial charge in [0.05, 0.1) is 12.2 Å². The van der Waals surface area contributed by atoms with E-state index in [4.69, 9.17) is 4.74 Å². The first-order chi connectivity index (χ1) is 9.04. The van der Waals surface area contributed by atoms with Crippen molar-refractivity contribution < 1.29 is 4.74 Å². The maximum atomic E-state index is 9.49. The number of hydrogen-bond donors (Lipinski definition) is 1. The first kappa shape index (κ1) is 14.8. The Morgan fingerprint density at radius 3 is 2.84 bits per heavy atom. The predicted molar refractivity (Wildman–Crippen MR) is 75.9 cm³/mol. The number of nitrogens with zero attached hydrogens (tertiary/aromatic N) is 2. The van der Waals surface area contributed by atoms with Crippen molar-refractivity contribution in [2.45, 2.75) is 69.7 Å². The van der Waals surface area contributed by atoms with Crippen LogP contribution in [0.4, 0.5) is 0 Å². The number of hydrogen-bond acceptors (Lipinski definition) is 4. The number of rotatable bonds is 5. The molecule has 2 rings (SSSR count). The molecule has 1 saturated heterocycles. The highest BCUT2D eigenvalue weighted by Crippen LogP contribution is 2.33. The summed E-state index contributed by atoms with van der Waals surface area (Å²) in [7, 11) is 2.18. The number of nitrogens with one attached hydrogen (secondary N) is 1. The van der Waals surface area contributed by atoms with Crippen molar-refractivity contribution in [2.24, 2.45) is 0 Å². The van der Waals surface area contributed by atoms with E-state index in [2.05, 4.69) is 37.2 Å². The molecule has 1 heterocycles. The third-order valence-corrected chi connectivity index (χ3v) is 4.41. The molecule has 3 atom stereocenters. The summed E-state index contributed by atoms with van der Waals surface area (Å²) >= 11 is 0. The van der Waals surface area contributed by atoms with Crippen LogP contribution in [0.5, 0.6) is 0 Å². The molecule has 4 heteroatoms. The molecule has 0 amide bonds. The van der Waals surface area contributed by atoms with Crippen LogP contribution in [-0.4, -0.2) is 48.8 Å². The van der Waals surface area contributed by atoms with E-state index in [-0.39, 0.29) is 5.54 Å². The molecule has 4 nitrogen and oxygen atoms in total. The summed E-state index contributed by atoms with van der Waals surface area (Å²) in [5.74, 6) is 0. The highest BCUT2D eigenvalue weighted by Gasteiger charge is 2.41. The zero-order valence-corrected chi connectivity index (χ0v) is 12.5. The van der Waals surface area contributed by atoms with Crippen molar-refractivity contribution >= 4 is 0 Å². The van der Waals surface area contributed by atoms with Gasteiger partial charge in [-0.05, 0) is 53.0 Å². The lowest BCUT2D eigenvalue weighted by Gasteiger charge is -2.29. The van der Waals surface area contributed by atoms with Crippen molar-refractivity contribution in [1.82, 2.24) is 10.2 Å². The molecule has 0 radical (unpaired) electrons. The van der Waals surface area contributed by atoms with E-state index < -0.39 is 0 Å². The van der Waals surface area contributed by atoms with Gasteiger partial charge in [0, 0.05) is 25.2 Å². The van der Waals surface area contributed by atoms with Gasteiger partial charge < -0.3 is 9.64 Å². The molecule has 2 aliphatic rings. The van der Waals surface area contributed by atoms with Crippen LogP contribution in [0.1, 0.15) is 46.0 Å². The summed E-state index contributed by atoms with van der Waals surface area (Å²) in [6.45, 7) is 6.15. The fourth-order valence-electron chi connectivity index (χ4n) is 3.47. The van der Waals surface area contributed by atoms with Crippen molar-refractivity contribution in [2.75, 3.05) is 20.2 Å². The quantitative estimate of drug-likeness (QED) is 0.825. The molecule has 1 aliphatic carbocycles. The Bertz CT molecular complexity index is 333. The van der Waals surface area contributed by atoms with Gasteiger partial charge in [0.25, 0.3) is 0 Å². The normalized spacial score (nSPS) is 35.2. The molecule has 0 aromatic carbocycles. The van der Waals surface area contributed by atoms with Gasteiger partial charge in [0.2, 0.25) is 0 Å². The average Bonchev–Trinajstić information content (AvgIpc) is 2.98. The number of ether oxygens (including phenoxy) is 1. The Morgan fingerprint density at radius 1 is 1.47 bits per heavy atom. The fourth-order valence-corrected chi connectivity index (χ4v) is 3.47. The number of nitriles is 1. The minimum atomic E-state index is -0.316. The first-order valence-corrected chi connectivity index (χ1v) is 7.55. The van der Waals surface area contributed by atoms with Gasteiger partial charge in [0.1, 0.15) is 5.54 Å². The molecule has 0 aromatic rings. The largest absolute Gasteiger partial charge is 0.377 e. The smallest absolute Gasteiger partial charge is 0.108 e. The van der Waals surface area contributed by atoms with Gasteiger partial charge in [-0.15, -0.1) is 0 Å². The third-order valence-electron chi connectivity index (χ3n) is 4.41.